The zero-order valence-electron chi connectivity index (χ0n) is 10.8. The van der Waals surface area contributed by atoms with Crippen LogP contribution in [0.4, 0.5) is 0 Å². The van der Waals surface area contributed by atoms with Gasteiger partial charge in [-0.3, -0.25) is 0 Å². The van der Waals surface area contributed by atoms with E-state index in [0.29, 0.717) is 0 Å². The van der Waals surface area contributed by atoms with E-state index >= 15 is 0 Å². The van der Waals surface area contributed by atoms with Gasteiger partial charge in [0.25, 0.3) is 0 Å². The lowest BCUT2D eigenvalue weighted by atomic mass is 9.96. The Morgan fingerprint density at radius 1 is 1.11 bits per heavy atom. The summed E-state index contributed by atoms with van der Waals surface area (Å²) in [5, 5.41) is 3.40. The van der Waals surface area contributed by atoms with Gasteiger partial charge in [0.2, 0.25) is 0 Å². The van der Waals surface area contributed by atoms with Gasteiger partial charge in [0.15, 0.2) is 0 Å². The summed E-state index contributed by atoms with van der Waals surface area (Å²) in [4.78, 5) is 0. The van der Waals surface area contributed by atoms with Gasteiger partial charge in [-0.25, -0.2) is 0 Å². The third-order valence-corrected chi connectivity index (χ3v) is 4.31. The van der Waals surface area contributed by atoms with E-state index in [2.05, 4.69) is 57.6 Å². The van der Waals surface area contributed by atoms with Crippen LogP contribution in [0.5, 0.6) is 0 Å². The first kappa shape index (κ1) is 12.9. The van der Waals surface area contributed by atoms with Crippen LogP contribution in [-0.4, -0.2) is 7.05 Å². The summed E-state index contributed by atoms with van der Waals surface area (Å²) in [6.45, 7) is 1.48. The van der Waals surface area contributed by atoms with Gasteiger partial charge in [0.05, 0.1) is 19.3 Å². The molecule has 1 atom stereocenters. The van der Waals surface area contributed by atoms with E-state index in [-0.39, 0.29) is 6.04 Å². The highest BCUT2D eigenvalue weighted by atomic mass is 79.9. The summed E-state index contributed by atoms with van der Waals surface area (Å²) < 4.78 is 6.61. The number of hydrogen-bond donors (Lipinski definition) is 1. The van der Waals surface area contributed by atoms with Crippen molar-refractivity contribution >= 4 is 15.9 Å². The Balaban J connectivity index is 2.01. The summed E-state index contributed by atoms with van der Waals surface area (Å²) in [6, 6.07) is 15.2. The van der Waals surface area contributed by atoms with Crippen molar-refractivity contribution in [3.8, 4) is 0 Å². The summed E-state index contributed by atoms with van der Waals surface area (Å²) in [6.07, 6.45) is 0. The molecule has 98 valence electrons. The van der Waals surface area contributed by atoms with Gasteiger partial charge in [-0.15, -0.1) is 0 Å². The first-order valence-electron chi connectivity index (χ1n) is 6.40. The van der Waals surface area contributed by atoms with Crippen LogP contribution in [0.25, 0.3) is 0 Å². The van der Waals surface area contributed by atoms with Crippen molar-refractivity contribution in [2.24, 2.45) is 0 Å². The molecule has 3 rings (SSSR count). The zero-order valence-corrected chi connectivity index (χ0v) is 12.4. The highest BCUT2D eigenvalue weighted by molar-refractivity contribution is 9.10. The number of hydrogen-bond acceptors (Lipinski definition) is 2. The van der Waals surface area contributed by atoms with Crippen LogP contribution in [-0.2, 0) is 18.0 Å². The Morgan fingerprint density at radius 3 is 2.68 bits per heavy atom. The minimum atomic E-state index is 0.196. The Hall–Kier alpha value is -1.16. The molecule has 1 heterocycles. The van der Waals surface area contributed by atoms with Crippen molar-refractivity contribution in [1.29, 1.82) is 0 Å². The van der Waals surface area contributed by atoms with Crippen LogP contribution in [0.3, 0.4) is 0 Å². The lowest BCUT2D eigenvalue weighted by Gasteiger charge is -2.19. The van der Waals surface area contributed by atoms with Gasteiger partial charge in [0.1, 0.15) is 0 Å². The van der Waals surface area contributed by atoms with Crippen LogP contribution in [0, 0.1) is 0 Å². The predicted molar refractivity (Wildman–Crippen MR) is 80.0 cm³/mol. The molecule has 0 saturated carbocycles. The van der Waals surface area contributed by atoms with E-state index in [1.54, 1.807) is 0 Å². The molecule has 3 heteroatoms. The third kappa shape index (κ3) is 2.46. The molecule has 1 N–H and O–H groups in total. The molecule has 2 aromatic carbocycles. The quantitative estimate of drug-likeness (QED) is 0.930. The monoisotopic (exact) mass is 317 g/mol. The molecule has 0 aliphatic carbocycles. The Morgan fingerprint density at radius 2 is 1.89 bits per heavy atom. The average molecular weight is 318 g/mol. The van der Waals surface area contributed by atoms with E-state index in [4.69, 9.17) is 4.74 Å². The number of fused-ring (bicyclic) bond motifs is 1. The Kier molecular flexibility index (Phi) is 3.69. The highest BCUT2D eigenvalue weighted by Gasteiger charge is 2.18. The van der Waals surface area contributed by atoms with Crippen molar-refractivity contribution in [3.05, 3.63) is 69.2 Å². The smallest absolute Gasteiger partial charge is 0.0725 e. The molecule has 2 aromatic rings. The molecule has 1 unspecified atom stereocenters. The molecule has 0 saturated heterocycles. The van der Waals surface area contributed by atoms with Crippen molar-refractivity contribution in [2.45, 2.75) is 19.3 Å². The lowest BCUT2D eigenvalue weighted by molar-refractivity contribution is 0.134. The molecular formula is C16H16BrNO. The number of ether oxygens (including phenoxy) is 1. The standard InChI is InChI=1S/C16H16BrNO/c1-18-16(14-4-2-3-5-15(14)17)11-6-7-12-9-19-10-13(12)8-11/h2-8,16,18H,9-10H2,1H3. The van der Waals surface area contributed by atoms with Crippen LogP contribution >= 0.6 is 15.9 Å². The Labute approximate surface area is 121 Å². The third-order valence-electron chi connectivity index (χ3n) is 3.58. The number of halogens is 1. The van der Waals surface area contributed by atoms with E-state index in [1.807, 2.05) is 13.1 Å². The molecular weight excluding hydrogens is 302 g/mol. The fourth-order valence-corrected chi connectivity index (χ4v) is 3.10. The molecule has 0 bridgehead atoms. The van der Waals surface area contributed by atoms with Gasteiger partial charge in [-0.1, -0.05) is 52.3 Å². The van der Waals surface area contributed by atoms with Crippen LogP contribution < -0.4 is 5.32 Å². The van der Waals surface area contributed by atoms with E-state index in [1.165, 1.54) is 22.3 Å². The lowest BCUT2D eigenvalue weighted by Crippen LogP contribution is -2.18. The molecule has 0 amide bonds. The van der Waals surface area contributed by atoms with Crippen molar-refractivity contribution in [2.75, 3.05) is 7.05 Å². The predicted octanol–water partition coefficient (Wildman–Crippen LogP) is 3.79. The molecule has 0 fully saturated rings. The molecule has 0 spiro atoms. The van der Waals surface area contributed by atoms with E-state index in [9.17, 15) is 0 Å². The highest BCUT2D eigenvalue weighted by Crippen LogP contribution is 2.30. The van der Waals surface area contributed by atoms with Gasteiger partial charge in [0, 0.05) is 4.47 Å². The van der Waals surface area contributed by atoms with Crippen molar-refractivity contribution in [3.63, 3.8) is 0 Å². The van der Waals surface area contributed by atoms with E-state index < -0.39 is 0 Å². The van der Waals surface area contributed by atoms with Gasteiger partial charge >= 0.3 is 0 Å². The largest absolute Gasteiger partial charge is 0.372 e. The first-order chi connectivity index (χ1) is 9.29. The topological polar surface area (TPSA) is 21.3 Å². The second-order valence-electron chi connectivity index (χ2n) is 4.76. The fraction of sp³-hybridized carbons (Fsp3) is 0.250. The minimum absolute atomic E-state index is 0.196. The Bertz CT molecular complexity index is 597. The van der Waals surface area contributed by atoms with E-state index in [0.717, 1.165) is 17.7 Å². The van der Waals surface area contributed by atoms with Gasteiger partial charge in [-0.05, 0) is 35.4 Å². The number of rotatable bonds is 3. The summed E-state index contributed by atoms with van der Waals surface area (Å²) in [5.74, 6) is 0. The SMILES string of the molecule is CNC(c1ccc2c(c1)COC2)c1ccccc1Br. The van der Waals surface area contributed by atoms with Crippen LogP contribution in [0.1, 0.15) is 28.3 Å². The minimum Gasteiger partial charge on any atom is -0.372 e. The molecule has 1 aliphatic heterocycles. The molecule has 0 aromatic heterocycles. The van der Waals surface area contributed by atoms with Crippen LogP contribution in [0.15, 0.2) is 46.9 Å². The first-order valence-corrected chi connectivity index (χ1v) is 7.20. The summed E-state index contributed by atoms with van der Waals surface area (Å²) in [7, 11) is 1.99. The number of benzene rings is 2. The maximum atomic E-state index is 5.48. The average Bonchev–Trinajstić information content (AvgIpc) is 2.89. The summed E-state index contributed by atoms with van der Waals surface area (Å²) in [5.41, 5.74) is 5.15. The zero-order chi connectivity index (χ0) is 13.2. The van der Waals surface area contributed by atoms with Gasteiger partial charge < -0.3 is 10.1 Å². The second-order valence-corrected chi connectivity index (χ2v) is 5.62. The van der Waals surface area contributed by atoms with Crippen molar-refractivity contribution in [1.82, 2.24) is 5.32 Å². The number of nitrogens with one attached hydrogen (secondary N) is 1. The molecule has 0 radical (unpaired) electrons. The molecule has 2 nitrogen and oxygen atoms in total. The molecule has 1 aliphatic rings. The van der Waals surface area contributed by atoms with Gasteiger partial charge in [-0.2, -0.15) is 0 Å². The van der Waals surface area contributed by atoms with Crippen molar-refractivity contribution < 1.29 is 4.74 Å². The maximum absolute atomic E-state index is 5.48. The maximum Gasteiger partial charge on any atom is 0.0725 e. The summed E-state index contributed by atoms with van der Waals surface area (Å²) >= 11 is 3.63. The second kappa shape index (κ2) is 5.45. The fourth-order valence-electron chi connectivity index (χ4n) is 2.58. The normalized spacial score (nSPS) is 15.3. The van der Waals surface area contributed by atoms with Crippen LogP contribution in [0.2, 0.25) is 0 Å². The molecule has 19 heavy (non-hydrogen) atoms.